The fourth-order valence-electron chi connectivity index (χ4n) is 6.77. The van der Waals surface area contributed by atoms with Gasteiger partial charge in [-0.2, -0.15) is 5.10 Å². The van der Waals surface area contributed by atoms with Gasteiger partial charge in [0.15, 0.2) is 5.69 Å². The van der Waals surface area contributed by atoms with Gasteiger partial charge in [-0.25, -0.2) is 4.79 Å². The maximum Gasteiger partial charge on any atom is 0.410 e. The number of carbonyl (C=O) groups is 3. The monoisotopic (exact) mass is 548 g/mol. The number of nitrogens with zero attached hydrogens (tertiary/aromatic N) is 6. The number of hydrogen-bond donors (Lipinski definition) is 0. The minimum Gasteiger partial charge on any atom is -0.444 e. The molecule has 10 heteroatoms. The highest BCUT2D eigenvalue weighted by atomic mass is 16.6. The molecule has 40 heavy (non-hydrogen) atoms. The standard InChI is InChI=1S/C30H40N6O4/c1-20-6-4-8-25(22(20)3)32-14-16-33(17-15-32)27(37)19-36-26-9-5-7-24(26)28(31-36)29(38)34-12-10-23(11-13-34)35-18-21(2)40-30(35)39/h4,6,8,21,23H,5,7,9-19H2,1-3H3/t21-/m0/s1. The molecule has 3 saturated heterocycles. The van der Waals surface area contributed by atoms with Crippen LogP contribution in [0.4, 0.5) is 10.5 Å². The zero-order valence-electron chi connectivity index (χ0n) is 23.9. The van der Waals surface area contributed by atoms with Crippen LogP contribution in [-0.2, 0) is 28.9 Å². The molecular formula is C30H40N6O4. The first-order valence-electron chi connectivity index (χ1n) is 14.7. The summed E-state index contributed by atoms with van der Waals surface area (Å²) in [5.41, 5.74) is 6.38. The maximum atomic E-state index is 13.6. The van der Waals surface area contributed by atoms with Gasteiger partial charge < -0.3 is 24.3 Å². The van der Waals surface area contributed by atoms with Crippen LogP contribution in [0.15, 0.2) is 18.2 Å². The lowest BCUT2D eigenvalue weighted by molar-refractivity contribution is -0.132. The zero-order valence-corrected chi connectivity index (χ0v) is 23.9. The van der Waals surface area contributed by atoms with E-state index in [1.165, 1.54) is 16.8 Å². The molecule has 0 radical (unpaired) electrons. The largest absolute Gasteiger partial charge is 0.444 e. The molecule has 3 fully saturated rings. The summed E-state index contributed by atoms with van der Waals surface area (Å²) >= 11 is 0. The van der Waals surface area contributed by atoms with Crippen molar-refractivity contribution in [3.63, 3.8) is 0 Å². The third-order valence-electron chi connectivity index (χ3n) is 9.23. The Morgan fingerprint density at radius 1 is 1.00 bits per heavy atom. The number of benzene rings is 1. The third-order valence-corrected chi connectivity index (χ3v) is 9.23. The molecule has 0 bridgehead atoms. The van der Waals surface area contributed by atoms with Gasteiger partial charge >= 0.3 is 6.09 Å². The Bertz CT molecular complexity index is 1310. The molecule has 0 saturated carbocycles. The van der Waals surface area contributed by atoms with Gasteiger partial charge in [0.2, 0.25) is 5.91 Å². The number of piperidine rings is 1. The summed E-state index contributed by atoms with van der Waals surface area (Å²) in [5.74, 6) is 0.00617. The van der Waals surface area contributed by atoms with Crippen molar-refractivity contribution in [3.05, 3.63) is 46.3 Å². The second-order valence-electron chi connectivity index (χ2n) is 11.7. The molecule has 2 aromatic rings. The number of fused-ring (bicyclic) bond motifs is 1. The minimum absolute atomic E-state index is 0.0534. The van der Waals surface area contributed by atoms with Crippen molar-refractivity contribution >= 4 is 23.6 Å². The second kappa shape index (κ2) is 10.8. The summed E-state index contributed by atoms with van der Waals surface area (Å²) in [6.45, 7) is 11.1. The second-order valence-corrected chi connectivity index (χ2v) is 11.7. The molecule has 1 atom stereocenters. The number of amides is 3. The predicted molar refractivity (Wildman–Crippen MR) is 151 cm³/mol. The highest BCUT2D eigenvalue weighted by Gasteiger charge is 2.38. The van der Waals surface area contributed by atoms with Crippen LogP contribution in [0.25, 0.3) is 0 Å². The number of likely N-dealkylation sites (tertiary alicyclic amines) is 1. The quantitative estimate of drug-likeness (QED) is 0.571. The number of cyclic esters (lactones) is 1. The molecule has 214 valence electrons. The van der Waals surface area contributed by atoms with Crippen molar-refractivity contribution in [1.29, 1.82) is 0 Å². The van der Waals surface area contributed by atoms with Crippen molar-refractivity contribution in [3.8, 4) is 0 Å². The van der Waals surface area contributed by atoms with Crippen LogP contribution in [0.1, 0.15) is 59.1 Å². The number of carbonyl (C=O) groups excluding carboxylic acids is 3. The van der Waals surface area contributed by atoms with Crippen LogP contribution >= 0.6 is 0 Å². The van der Waals surface area contributed by atoms with E-state index in [0.29, 0.717) is 38.4 Å². The predicted octanol–water partition coefficient (Wildman–Crippen LogP) is 2.78. The van der Waals surface area contributed by atoms with E-state index in [-0.39, 0.29) is 36.6 Å². The highest BCUT2D eigenvalue weighted by molar-refractivity contribution is 5.94. The molecule has 0 spiro atoms. The number of anilines is 1. The molecule has 3 aliphatic heterocycles. The SMILES string of the molecule is Cc1cccc(N2CCN(C(=O)Cn3nc(C(=O)N4CCC(N5C[C@H](C)OC5=O)CC4)c4c3CCC4)CC2)c1C. The van der Waals surface area contributed by atoms with Gasteiger partial charge in [-0.15, -0.1) is 0 Å². The smallest absolute Gasteiger partial charge is 0.410 e. The summed E-state index contributed by atoms with van der Waals surface area (Å²) in [7, 11) is 0. The van der Waals surface area contributed by atoms with Crippen LogP contribution < -0.4 is 4.90 Å². The van der Waals surface area contributed by atoms with E-state index in [1.807, 2.05) is 21.6 Å². The Hall–Kier alpha value is -3.56. The lowest BCUT2D eigenvalue weighted by Crippen LogP contribution is -2.50. The van der Waals surface area contributed by atoms with E-state index in [0.717, 1.165) is 56.5 Å². The molecule has 1 aromatic carbocycles. The number of hydrogen-bond acceptors (Lipinski definition) is 6. The van der Waals surface area contributed by atoms with Crippen molar-refractivity contribution in [2.24, 2.45) is 0 Å². The Labute approximate surface area is 235 Å². The summed E-state index contributed by atoms with van der Waals surface area (Å²) in [5, 5.41) is 4.73. The van der Waals surface area contributed by atoms with E-state index in [9.17, 15) is 14.4 Å². The van der Waals surface area contributed by atoms with Gasteiger partial charge in [0.25, 0.3) is 5.91 Å². The summed E-state index contributed by atoms with van der Waals surface area (Å²) in [6.07, 6.45) is 3.81. The first kappa shape index (κ1) is 26.7. The van der Waals surface area contributed by atoms with E-state index in [1.54, 1.807) is 4.68 Å². The molecule has 3 amide bonds. The topological polar surface area (TPSA) is 91.2 Å². The van der Waals surface area contributed by atoms with E-state index in [2.05, 4.69) is 36.9 Å². The van der Waals surface area contributed by atoms with Crippen LogP contribution in [0.5, 0.6) is 0 Å². The van der Waals surface area contributed by atoms with Crippen LogP contribution in [0.2, 0.25) is 0 Å². The lowest BCUT2D eigenvalue weighted by Gasteiger charge is -2.37. The molecule has 4 aliphatic rings. The molecule has 4 heterocycles. The average molecular weight is 549 g/mol. The normalized spacial score (nSPS) is 21.7. The van der Waals surface area contributed by atoms with Crippen molar-refractivity contribution in [2.75, 3.05) is 50.7 Å². The first-order valence-corrected chi connectivity index (χ1v) is 14.7. The fraction of sp³-hybridized carbons (Fsp3) is 0.600. The van der Waals surface area contributed by atoms with Gasteiger partial charge in [0, 0.05) is 62.3 Å². The van der Waals surface area contributed by atoms with Crippen molar-refractivity contribution in [2.45, 2.75) is 71.6 Å². The molecule has 6 rings (SSSR count). The molecule has 1 aromatic heterocycles. The highest BCUT2D eigenvalue weighted by Crippen LogP contribution is 2.29. The number of aryl methyl sites for hydroxylation is 1. The molecule has 0 unspecified atom stereocenters. The van der Waals surface area contributed by atoms with Gasteiger partial charge in [0.1, 0.15) is 12.6 Å². The van der Waals surface area contributed by atoms with Gasteiger partial charge in [-0.3, -0.25) is 14.3 Å². The summed E-state index contributed by atoms with van der Waals surface area (Å²) in [4.78, 5) is 47.0. The van der Waals surface area contributed by atoms with Gasteiger partial charge in [-0.05, 0) is 70.1 Å². The molecule has 10 nitrogen and oxygen atoms in total. The van der Waals surface area contributed by atoms with Gasteiger partial charge in [0.05, 0.1) is 6.54 Å². The molecule has 0 N–H and O–H groups in total. The minimum atomic E-state index is -0.245. The average Bonchev–Trinajstić information content (AvgIpc) is 3.66. The van der Waals surface area contributed by atoms with Crippen LogP contribution in [-0.4, -0.2) is 100 Å². The Morgan fingerprint density at radius 3 is 2.45 bits per heavy atom. The van der Waals surface area contributed by atoms with Crippen molar-refractivity contribution in [1.82, 2.24) is 24.5 Å². The molecule has 1 aliphatic carbocycles. The van der Waals surface area contributed by atoms with Crippen LogP contribution in [0, 0.1) is 13.8 Å². The van der Waals surface area contributed by atoms with Crippen LogP contribution in [0.3, 0.4) is 0 Å². The number of aromatic nitrogens is 2. The number of piperazine rings is 1. The summed E-state index contributed by atoms with van der Waals surface area (Å²) in [6, 6.07) is 6.50. The summed E-state index contributed by atoms with van der Waals surface area (Å²) < 4.78 is 7.09. The fourth-order valence-corrected chi connectivity index (χ4v) is 6.77. The maximum absolute atomic E-state index is 13.6. The van der Waals surface area contributed by atoms with Crippen molar-refractivity contribution < 1.29 is 19.1 Å². The van der Waals surface area contributed by atoms with E-state index < -0.39 is 0 Å². The number of ether oxygens (including phenoxy) is 1. The Morgan fingerprint density at radius 2 is 1.75 bits per heavy atom. The van der Waals surface area contributed by atoms with E-state index in [4.69, 9.17) is 9.84 Å². The Balaban J connectivity index is 1.08. The number of rotatable bonds is 5. The zero-order chi connectivity index (χ0) is 28.0. The van der Waals surface area contributed by atoms with Gasteiger partial charge in [-0.1, -0.05) is 12.1 Å². The lowest BCUT2D eigenvalue weighted by atomic mass is 10.0. The Kier molecular flexibility index (Phi) is 7.18. The first-order chi connectivity index (χ1) is 19.3. The third kappa shape index (κ3) is 4.92. The molecular weight excluding hydrogens is 508 g/mol. The van der Waals surface area contributed by atoms with E-state index >= 15 is 0 Å².